The van der Waals surface area contributed by atoms with Crippen LogP contribution in [0.3, 0.4) is 0 Å². The van der Waals surface area contributed by atoms with Gasteiger partial charge in [0, 0.05) is 13.0 Å². The van der Waals surface area contributed by atoms with Gasteiger partial charge in [0.2, 0.25) is 5.91 Å². The number of hydrogen-bond donors (Lipinski definition) is 3. The number of alkyl carbamates (subject to hydrolysis) is 1. The number of carbonyl (C=O) groups is 2. The van der Waals surface area contributed by atoms with Crippen LogP contribution in [0.2, 0.25) is 0 Å². The molecule has 2 rings (SSSR count). The zero-order chi connectivity index (χ0) is 19.6. The molecule has 0 radical (unpaired) electrons. The Kier molecular flexibility index (Phi) is 6.67. The molecule has 1 unspecified atom stereocenters. The molecule has 2 atom stereocenters. The van der Waals surface area contributed by atoms with Crippen LogP contribution in [-0.2, 0) is 22.5 Å². The molecule has 0 saturated heterocycles. The van der Waals surface area contributed by atoms with Crippen molar-refractivity contribution >= 4 is 12.0 Å². The summed E-state index contributed by atoms with van der Waals surface area (Å²) < 4.78 is 13.0. The molecule has 0 bridgehead atoms. The number of rotatable bonds is 8. The van der Waals surface area contributed by atoms with Crippen LogP contribution in [0.4, 0.5) is 4.79 Å². The lowest BCUT2D eigenvalue weighted by Gasteiger charge is -2.18. The second-order valence-electron chi connectivity index (χ2n) is 5.54. The number of aromatic hydroxyl groups is 1. The van der Waals surface area contributed by atoms with Gasteiger partial charge < -0.3 is 20.5 Å². The van der Waals surface area contributed by atoms with E-state index in [0.717, 1.165) is 0 Å². The highest BCUT2D eigenvalue weighted by Gasteiger charge is 2.21. The first-order valence-corrected chi connectivity index (χ1v) is 8.10. The Balaban J connectivity index is 2.04. The zero-order valence-electron chi connectivity index (χ0n) is 15.2. The van der Waals surface area contributed by atoms with Gasteiger partial charge in [-0.25, -0.2) is 4.79 Å². The van der Waals surface area contributed by atoms with Crippen molar-refractivity contribution in [2.24, 2.45) is 0 Å². The molecule has 2 amide bonds. The molecule has 0 aliphatic heterocycles. The van der Waals surface area contributed by atoms with Crippen molar-refractivity contribution in [2.75, 3.05) is 6.54 Å². The second-order valence-corrected chi connectivity index (χ2v) is 5.54. The van der Waals surface area contributed by atoms with Crippen molar-refractivity contribution in [3.05, 3.63) is 78.4 Å². The number of benzene rings is 2. The number of phenolic OH excluding ortho intramolecular Hbond substituents is 1. The number of ether oxygens (including phenoxy) is 1. The molecule has 0 fully saturated rings. The van der Waals surface area contributed by atoms with Gasteiger partial charge in [-0.3, -0.25) is 4.79 Å². The van der Waals surface area contributed by atoms with E-state index in [1.807, 2.05) is 0 Å². The molecular formula is C20H22N2O4. The van der Waals surface area contributed by atoms with Crippen LogP contribution < -0.4 is 10.6 Å². The van der Waals surface area contributed by atoms with E-state index in [-0.39, 0.29) is 18.7 Å². The van der Waals surface area contributed by atoms with Crippen molar-refractivity contribution in [1.82, 2.24) is 10.6 Å². The van der Waals surface area contributed by atoms with E-state index in [1.54, 1.807) is 42.5 Å². The van der Waals surface area contributed by atoms with Gasteiger partial charge in [-0.05, 0) is 23.3 Å². The van der Waals surface area contributed by atoms with Gasteiger partial charge in [0.25, 0.3) is 0 Å². The largest absolute Gasteiger partial charge is 0.508 e. The van der Waals surface area contributed by atoms with E-state index in [9.17, 15) is 14.7 Å². The highest BCUT2D eigenvalue weighted by atomic mass is 16.5. The lowest BCUT2D eigenvalue weighted by molar-refractivity contribution is -0.122. The summed E-state index contributed by atoms with van der Waals surface area (Å²) >= 11 is 0. The zero-order valence-corrected chi connectivity index (χ0v) is 14.2. The highest BCUT2D eigenvalue weighted by Crippen LogP contribution is 2.13. The normalized spacial score (nSPS) is 13.0. The Hall–Kier alpha value is -3.28. The first-order chi connectivity index (χ1) is 13.0. The SMILES string of the molecule is [2H]C(OC(=O)N[C@@H](Cc1cccc(O)c1)C(=O)NCC=C)c1ccccc1. The maximum Gasteiger partial charge on any atom is 0.408 e. The molecule has 0 aliphatic rings. The van der Waals surface area contributed by atoms with Crippen LogP contribution in [-0.4, -0.2) is 29.7 Å². The summed E-state index contributed by atoms with van der Waals surface area (Å²) in [6.45, 7) is 2.58. The highest BCUT2D eigenvalue weighted by molar-refractivity contribution is 5.86. The van der Waals surface area contributed by atoms with Gasteiger partial charge >= 0.3 is 6.09 Å². The fraction of sp³-hybridized carbons (Fsp3) is 0.200. The second kappa shape index (κ2) is 9.88. The van der Waals surface area contributed by atoms with Gasteiger partial charge in [0.15, 0.2) is 0 Å². The van der Waals surface area contributed by atoms with Crippen LogP contribution in [0.25, 0.3) is 0 Å². The molecule has 136 valence electrons. The number of hydrogen-bond acceptors (Lipinski definition) is 4. The van der Waals surface area contributed by atoms with E-state index >= 15 is 0 Å². The maximum absolute atomic E-state index is 12.3. The van der Waals surface area contributed by atoms with Crippen molar-refractivity contribution in [2.45, 2.75) is 19.0 Å². The predicted octanol–water partition coefficient (Wildman–Crippen LogP) is 2.53. The molecule has 2 aromatic carbocycles. The molecule has 6 nitrogen and oxygen atoms in total. The molecule has 3 N–H and O–H groups in total. The summed E-state index contributed by atoms with van der Waals surface area (Å²) in [6.07, 6.45) is 0.801. The Bertz CT molecular complexity index is 783. The lowest BCUT2D eigenvalue weighted by Crippen LogP contribution is -2.48. The van der Waals surface area contributed by atoms with Crippen LogP contribution >= 0.6 is 0 Å². The average Bonchev–Trinajstić information content (AvgIpc) is 2.66. The Morgan fingerprint density at radius 1 is 1.19 bits per heavy atom. The molecule has 0 heterocycles. The van der Waals surface area contributed by atoms with Gasteiger partial charge in [0.05, 0.1) is 1.37 Å². The quantitative estimate of drug-likeness (QED) is 0.635. The summed E-state index contributed by atoms with van der Waals surface area (Å²) in [4.78, 5) is 24.5. The van der Waals surface area contributed by atoms with Crippen LogP contribution in [0, 0.1) is 0 Å². The summed E-state index contributed by atoms with van der Waals surface area (Å²) in [7, 11) is 0. The maximum atomic E-state index is 12.3. The summed E-state index contributed by atoms with van der Waals surface area (Å²) in [5.74, 6) is -0.355. The van der Waals surface area contributed by atoms with E-state index < -0.39 is 24.6 Å². The summed E-state index contributed by atoms with van der Waals surface area (Å²) in [5, 5.41) is 14.7. The summed E-state index contributed by atoms with van der Waals surface area (Å²) in [6, 6.07) is 14.1. The number of carbonyl (C=O) groups excluding carboxylic acids is 2. The van der Waals surface area contributed by atoms with E-state index in [4.69, 9.17) is 6.11 Å². The van der Waals surface area contributed by atoms with Gasteiger partial charge in [0.1, 0.15) is 18.4 Å². The van der Waals surface area contributed by atoms with Crippen LogP contribution in [0.1, 0.15) is 12.5 Å². The minimum atomic E-state index is -1.20. The van der Waals surface area contributed by atoms with Gasteiger partial charge in [-0.15, -0.1) is 6.58 Å². The third-order valence-electron chi connectivity index (χ3n) is 3.48. The predicted molar refractivity (Wildman–Crippen MR) is 98.6 cm³/mol. The number of nitrogens with one attached hydrogen (secondary N) is 2. The van der Waals surface area contributed by atoms with Gasteiger partial charge in [-0.1, -0.05) is 48.5 Å². The molecule has 0 aliphatic carbocycles. The fourth-order valence-electron chi connectivity index (χ4n) is 2.25. The molecule has 0 saturated carbocycles. The minimum Gasteiger partial charge on any atom is -0.508 e. The molecule has 0 aromatic heterocycles. The lowest BCUT2D eigenvalue weighted by atomic mass is 10.1. The van der Waals surface area contributed by atoms with Crippen LogP contribution in [0.5, 0.6) is 5.75 Å². The van der Waals surface area contributed by atoms with Gasteiger partial charge in [-0.2, -0.15) is 0 Å². The molecule has 6 heteroatoms. The molecule has 26 heavy (non-hydrogen) atoms. The van der Waals surface area contributed by atoms with E-state index in [2.05, 4.69) is 17.2 Å². The third-order valence-corrected chi connectivity index (χ3v) is 3.48. The Morgan fingerprint density at radius 2 is 1.92 bits per heavy atom. The molecule has 0 spiro atoms. The Labute approximate surface area is 153 Å². The first-order valence-electron chi connectivity index (χ1n) is 8.68. The topological polar surface area (TPSA) is 87.7 Å². The van der Waals surface area contributed by atoms with Crippen molar-refractivity contribution in [3.8, 4) is 5.75 Å². The smallest absolute Gasteiger partial charge is 0.408 e. The molecular weight excluding hydrogens is 332 g/mol. The number of phenols is 1. The van der Waals surface area contributed by atoms with Crippen molar-refractivity contribution in [1.29, 1.82) is 0 Å². The van der Waals surface area contributed by atoms with E-state index in [1.165, 1.54) is 18.2 Å². The minimum absolute atomic E-state index is 0.0654. The van der Waals surface area contributed by atoms with Crippen molar-refractivity contribution in [3.63, 3.8) is 0 Å². The standard InChI is InChI=1S/C20H22N2O4/c1-2-11-21-19(24)18(13-16-9-6-10-17(23)12-16)22-20(25)26-14-15-7-4-3-5-8-15/h2-10,12,18,23H,1,11,13-14H2,(H,21,24)(H,22,25)/t18-/m0/s1/i14D/t14?,18-. The molecule has 2 aromatic rings. The number of amides is 2. The first kappa shape index (κ1) is 17.5. The summed E-state index contributed by atoms with van der Waals surface area (Å²) in [5.41, 5.74) is 1.19. The van der Waals surface area contributed by atoms with E-state index in [0.29, 0.717) is 11.1 Å². The third kappa shape index (κ3) is 6.32. The van der Waals surface area contributed by atoms with Crippen molar-refractivity contribution < 1.29 is 20.8 Å². The Morgan fingerprint density at radius 3 is 2.62 bits per heavy atom. The average molecular weight is 355 g/mol. The van der Waals surface area contributed by atoms with Crippen LogP contribution in [0.15, 0.2) is 67.3 Å². The fourth-order valence-corrected chi connectivity index (χ4v) is 2.25. The monoisotopic (exact) mass is 355 g/mol.